The van der Waals surface area contributed by atoms with Crippen molar-refractivity contribution in [3.63, 3.8) is 0 Å². The summed E-state index contributed by atoms with van der Waals surface area (Å²) in [7, 11) is 3.97. The minimum Gasteiger partial charge on any atom is -0.377 e. The first-order valence-electron chi connectivity index (χ1n) is 35.6. The summed E-state index contributed by atoms with van der Waals surface area (Å²) >= 11 is 0. The molecule has 8 bridgehead atoms. The molecule has 9 heterocycles. The number of para-hydroxylation sites is 5. The highest BCUT2D eigenvalue weighted by Gasteiger charge is 2.40. The number of aryl methyl sites for hydroxylation is 2. The molecule has 3 aliphatic carbocycles. The van der Waals surface area contributed by atoms with Crippen LogP contribution >= 0.6 is 0 Å². The maximum Gasteiger partial charge on any atom is 0.172 e. The van der Waals surface area contributed by atoms with E-state index in [9.17, 15) is 28.8 Å². The Hall–Kier alpha value is -10.6. The summed E-state index contributed by atoms with van der Waals surface area (Å²) in [4.78, 5) is 84.3. The predicted octanol–water partition coefficient (Wildman–Crippen LogP) is 12.4. The zero-order valence-electron chi connectivity index (χ0n) is 58.9. The van der Waals surface area contributed by atoms with E-state index < -0.39 is 0 Å². The molecule has 5 aliphatic rings. The molecule has 2 aliphatic heterocycles. The van der Waals surface area contributed by atoms with Crippen molar-refractivity contribution >= 4 is 134 Å². The topological polar surface area (TPSA) is 209 Å². The second-order valence-corrected chi connectivity index (χ2v) is 26.6. The molecule has 0 atom stereocenters. The molecule has 20 nitrogen and oxygen atoms in total. The van der Waals surface area contributed by atoms with Crippen LogP contribution in [0, 0.1) is 13.8 Å². The molecule has 0 spiro atoms. The molecular formula is C84H81N7O13. The highest BCUT2D eigenvalue weighted by molar-refractivity contribution is 6.54. The third-order valence-electron chi connectivity index (χ3n) is 20.5. The van der Waals surface area contributed by atoms with Gasteiger partial charge in [0.1, 0.15) is 5.65 Å². The first-order chi connectivity index (χ1) is 50.9. The van der Waals surface area contributed by atoms with Crippen LogP contribution in [0.15, 0.2) is 164 Å². The van der Waals surface area contributed by atoms with Crippen LogP contribution in [0.25, 0.3) is 99.0 Å². The fourth-order valence-corrected chi connectivity index (χ4v) is 15.6. The lowest BCUT2D eigenvalue weighted by atomic mass is 9.94. The molecule has 0 saturated carbocycles. The van der Waals surface area contributed by atoms with Crippen LogP contribution in [0.2, 0.25) is 0 Å². The van der Waals surface area contributed by atoms with Gasteiger partial charge in [-0.25, -0.2) is 4.98 Å². The van der Waals surface area contributed by atoms with E-state index in [1.165, 1.54) is 0 Å². The Balaban J connectivity index is 0.000000127. The number of pyridine rings is 1. The summed E-state index contributed by atoms with van der Waals surface area (Å²) in [6.07, 6.45) is 9.32. The normalized spacial score (nSPS) is 17.5. The highest BCUT2D eigenvalue weighted by atomic mass is 16.6. The number of hydrogen-bond donors (Lipinski definition) is 0. The first-order valence-corrected chi connectivity index (χ1v) is 35.6. The Bertz CT molecular complexity index is 5390. The lowest BCUT2D eigenvalue weighted by Gasteiger charge is -2.11. The lowest BCUT2D eigenvalue weighted by Crippen LogP contribution is -2.14. The van der Waals surface area contributed by atoms with Crippen molar-refractivity contribution in [1.29, 1.82) is 0 Å². The number of ether oxygens (including phenoxy) is 7. The summed E-state index contributed by atoms with van der Waals surface area (Å²) < 4.78 is 52.5. The fraction of sp³-hybridized carbons (Fsp3) is 0.298. The third-order valence-corrected chi connectivity index (χ3v) is 20.5. The largest absolute Gasteiger partial charge is 0.377 e. The number of rotatable bonds is 2. The molecule has 104 heavy (non-hydrogen) atoms. The Morgan fingerprint density at radius 3 is 1.12 bits per heavy atom. The summed E-state index contributed by atoms with van der Waals surface area (Å²) in [6, 6.07) is 43.9. The quantitative estimate of drug-likeness (QED) is 0.148. The molecule has 0 fully saturated rings. The maximum absolute atomic E-state index is 13.5. The molecule has 0 amide bonds. The number of hydrogen-bond acceptors (Lipinski definition) is 14. The second kappa shape index (κ2) is 30.4. The number of fused-ring (bicyclic) bond motifs is 26. The number of ketones is 6. The number of Topliss-reactive ketones (excluding diaryl/α,β-unsaturated/α-hetero) is 6. The summed E-state index contributed by atoms with van der Waals surface area (Å²) in [6.45, 7) is 13.4. The van der Waals surface area contributed by atoms with Gasteiger partial charge in [-0.1, -0.05) is 91.0 Å². The van der Waals surface area contributed by atoms with Gasteiger partial charge in [-0.3, -0.25) is 28.8 Å². The van der Waals surface area contributed by atoms with E-state index in [-0.39, 0.29) is 54.0 Å². The van der Waals surface area contributed by atoms with Gasteiger partial charge in [-0.15, -0.1) is 0 Å². The van der Waals surface area contributed by atoms with Crippen LogP contribution in [0.5, 0.6) is 0 Å². The summed E-state index contributed by atoms with van der Waals surface area (Å²) in [5.74, 6) is -0.752. The molecular weight excluding hydrogens is 1310 g/mol. The van der Waals surface area contributed by atoms with Crippen LogP contribution in [-0.2, 0) is 102 Å². The van der Waals surface area contributed by atoms with E-state index >= 15 is 0 Å². The molecule has 0 N–H and O–H groups in total. The van der Waals surface area contributed by atoms with Crippen molar-refractivity contribution in [2.24, 2.45) is 14.1 Å². The van der Waals surface area contributed by atoms with Gasteiger partial charge in [0, 0.05) is 209 Å². The molecule has 17 rings (SSSR count). The maximum atomic E-state index is 13.5. The van der Waals surface area contributed by atoms with E-state index in [1.807, 2.05) is 189 Å². The standard InChI is InChI=1S/C30H31N3O6.C30H30N2O5.C24H20N2O2/c34-26-18-27(35)29-24-20-33(30-22(24)5-3-7-31-30)9-11-37-13-15-39-17-16-38-14-12-36-10-8-32-19-23(28(26)29)21-4-1-2-6-25(21)32;1-20-28-22-7-3-5-9-25(22)32(20)11-13-36-15-17-37-16-14-35-12-10-31-19-23(21-6-2-4-8-24(21)31)29-26(33)18-27(34)30(28)29;1-14-22(16-9-5-7-11-19(16)26(14)3)24-21(28)12-20(27)23(24)17-13-25(2)18-10-6-4-8-15(17)18/h1-7,19-20H,8-18H2;2-9,19H,10-18H2,1H3;4-11,13H,12H2,1-3H3. The SMILES string of the molecule is Cc1c(C2=C(c3cn(C)c4ccccc34)C(=O)CC2=O)c2ccccc2n1C.Cc1c2c3ccccc3n1CCOCCOCCOCCn1cc(c3ccccc31)C1=C2C(=O)CC1=O.O=C1CC(=O)C2=C1c1cn(c3ccccc13)CCOCCOCCOCCOCCn1cc2c2cccnc21. The second-order valence-electron chi connectivity index (χ2n) is 26.6. The molecule has 0 saturated heterocycles. The number of carbonyl (C=O) groups excluding carboxylic acids is 6. The van der Waals surface area contributed by atoms with E-state index in [4.69, 9.17) is 33.2 Å². The molecule has 7 aromatic heterocycles. The molecule has 0 unspecified atom stereocenters. The van der Waals surface area contributed by atoms with Crippen molar-refractivity contribution in [2.75, 3.05) is 92.5 Å². The fourth-order valence-electron chi connectivity index (χ4n) is 15.6. The Labute approximate surface area is 600 Å². The molecule has 530 valence electrons. The number of nitrogens with zero attached hydrogens (tertiary/aromatic N) is 7. The Morgan fingerprint density at radius 2 is 0.635 bits per heavy atom. The lowest BCUT2D eigenvalue weighted by molar-refractivity contribution is -0.121. The first kappa shape index (κ1) is 69.2. The zero-order valence-corrected chi connectivity index (χ0v) is 58.9. The van der Waals surface area contributed by atoms with Gasteiger partial charge in [0.15, 0.2) is 34.7 Å². The predicted molar refractivity (Wildman–Crippen MR) is 401 cm³/mol. The third kappa shape index (κ3) is 13.2. The summed E-state index contributed by atoms with van der Waals surface area (Å²) in [5, 5.41) is 5.73. The van der Waals surface area contributed by atoms with Crippen molar-refractivity contribution in [3.05, 3.63) is 209 Å². The number of allylic oxidation sites excluding steroid dienone is 6. The van der Waals surface area contributed by atoms with Gasteiger partial charge in [0.2, 0.25) is 0 Å². The van der Waals surface area contributed by atoms with E-state index in [2.05, 4.69) is 29.3 Å². The monoisotopic (exact) mass is 1400 g/mol. The van der Waals surface area contributed by atoms with Crippen LogP contribution in [0.3, 0.4) is 0 Å². The average Bonchev–Trinajstić information content (AvgIpc) is 1.59. The molecule has 5 aromatic carbocycles. The van der Waals surface area contributed by atoms with Crippen LogP contribution in [-0.4, -0.2) is 160 Å². The Kier molecular flexibility index (Phi) is 20.2. The van der Waals surface area contributed by atoms with Crippen molar-refractivity contribution in [2.45, 2.75) is 59.3 Å². The van der Waals surface area contributed by atoms with Crippen molar-refractivity contribution in [3.8, 4) is 0 Å². The van der Waals surface area contributed by atoms with Crippen LogP contribution in [0.1, 0.15) is 64.0 Å². The van der Waals surface area contributed by atoms with Gasteiger partial charge in [-0.05, 0) is 56.3 Å². The van der Waals surface area contributed by atoms with Crippen molar-refractivity contribution < 1.29 is 61.9 Å². The average molecular weight is 1400 g/mol. The highest BCUT2D eigenvalue weighted by Crippen LogP contribution is 2.46. The van der Waals surface area contributed by atoms with Gasteiger partial charge >= 0.3 is 0 Å². The zero-order chi connectivity index (χ0) is 71.5. The molecule has 20 heteroatoms. The van der Waals surface area contributed by atoms with Gasteiger partial charge in [0.05, 0.1) is 112 Å². The van der Waals surface area contributed by atoms with Crippen molar-refractivity contribution in [1.82, 2.24) is 32.4 Å². The van der Waals surface area contributed by atoms with E-state index in [0.29, 0.717) is 152 Å². The molecule has 0 radical (unpaired) electrons. The van der Waals surface area contributed by atoms with Crippen LogP contribution < -0.4 is 0 Å². The Morgan fingerprint density at radius 1 is 0.308 bits per heavy atom. The van der Waals surface area contributed by atoms with Gasteiger partial charge < -0.3 is 60.6 Å². The van der Waals surface area contributed by atoms with E-state index in [1.54, 1.807) is 6.20 Å². The minimum absolute atomic E-state index is 0.0590. The van der Waals surface area contributed by atoms with E-state index in [0.717, 1.165) is 110 Å². The molecule has 12 aromatic rings. The summed E-state index contributed by atoms with van der Waals surface area (Å²) in [5.41, 5.74) is 15.9. The van der Waals surface area contributed by atoms with Gasteiger partial charge in [-0.2, -0.15) is 0 Å². The number of carbonyl (C=O) groups is 6. The van der Waals surface area contributed by atoms with Gasteiger partial charge in [0.25, 0.3) is 0 Å². The smallest absolute Gasteiger partial charge is 0.172 e. The van der Waals surface area contributed by atoms with Crippen LogP contribution in [0.4, 0.5) is 0 Å². The number of benzene rings is 5. The minimum atomic E-state index is -0.166. The number of aromatic nitrogens is 7.